The molecule has 2 bridgehead atoms. The number of nitrogens with zero attached hydrogens (tertiary/aromatic N) is 3. The van der Waals surface area contributed by atoms with Gasteiger partial charge in [-0.15, -0.1) is 0 Å². The molecule has 2 aliphatic rings. The Morgan fingerprint density at radius 2 is 2.15 bits per heavy atom. The maximum absolute atomic E-state index is 5.89. The van der Waals surface area contributed by atoms with Gasteiger partial charge in [0.2, 0.25) is 11.7 Å². The Balaban J connectivity index is 1.31. The van der Waals surface area contributed by atoms with E-state index in [1.54, 1.807) is 12.4 Å². The van der Waals surface area contributed by atoms with E-state index in [9.17, 15) is 0 Å². The van der Waals surface area contributed by atoms with Crippen molar-refractivity contribution in [1.82, 2.24) is 15.1 Å². The molecule has 1 aromatic carbocycles. The molecule has 0 amide bonds. The minimum absolute atomic E-state index is 0.236. The van der Waals surface area contributed by atoms with E-state index in [4.69, 9.17) is 14.0 Å². The standard InChI is InChI=1S/C20H19N3O3/c1-4-14(9-15(5-1)24-12-13-3-2-8-21-11-13)19-22-20(26-23-19)17-10-16-6-7-18(17)25-16/h1-5,8-9,11,16-18H,6-7,10,12H2/t16-,17+,18-/m1/s1. The number of aromatic nitrogens is 3. The number of benzene rings is 1. The van der Waals surface area contributed by atoms with Crippen molar-refractivity contribution in [2.24, 2.45) is 0 Å². The van der Waals surface area contributed by atoms with Crippen LogP contribution in [0.15, 0.2) is 53.3 Å². The lowest BCUT2D eigenvalue weighted by atomic mass is 9.89. The summed E-state index contributed by atoms with van der Waals surface area (Å²) >= 11 is 0. The van der Waals surface area contributed by atoms with Crippen LogP contribution in [0.5, 0.6) is 5.75 Å². The van der Waals surface area contributed by atoms with Crippen molar-refractivity contribution in [2.45, 2.75) is 44.0 Å². The average Bonchev–Trinajstić information content (AvgIpc) is 3.44. The normalized spacial score (nSPS) is 24.1. The predicted molar refractivity (Wildman–Crippen MR) is 93.6 cm³/mol. The molecular formula is C20H19N3O3. The molecule has 0 unspecified atom stereocenters. The van der Waals surface area contributed by atoms with Gasteiger partial charge >= 0.3 is 0 Å². The Hall–Kier alpha value is -2.73. The fourth-order valence-electron chi connectivity index (χ4n) is 3.78. The van der Waals surface area contributed by atoms with Crippen LogP contribution in [0.4, 0.5) is 0 Å². The fourth-order valence-corrected chi connectivity index (χ4v) is 3.78. The first-order chi connectivity index (χ1) is 12.8. The van der Waals surface area contributed by atoms with Crippen molar-refractivity contribution in [1.29, 1.82) is 0 Å². The highest BCUT2D eigenvalue weighted by molar-refractivity contribution is 5.56. The molecule has 3 aromatic rings. The molecule has 2 aliphatic heterocycles. The van der Waals surface area contributed by atoms with Crippen molar-refractivity contribution < 1.29 is 14.0 Å². The zero-order valence-electron chi connectivity index (χ0n) is 14.2. The first-order valence-electron chi connectivity index (χ1n) is 8.96. The maximum atomic E-state index is 5.89. The van der Waals surface area contributed by atoms with Crippen LogP contribution in [0, 0.1) is 0 Å². The van der Waals surface area contributed by atoms with E-state index in [2.05, 4.69) is 15.1 Å². The van der Waals surface area contributed by atoms with Crippen LogP contribution >= 0.6 is 0 Å². The van der Waals surface area contributed by atoms with Gasteiger partial charge in [0, 0.05) is 23.5 Å². The quantitative estimate of drug-likeness (QED) is 0.699. The lowest BCUT2D eigenvalue weighted by Gasteiger charge is -2.13. The third-order valence-electron chi connectivity index (χ3n) is 5.09. The summed E-state index contributed by atoms with van der Waals surface area (Å²) in [6.07, 6.45) is 7.38. The number of rotatable bonds is 5. The van der Waals surface area contributed by atoms with Gasteiger partial charge in [-0.3, -0.25) is 4.98 Å². The third kappa shape index (κ3) is 2.97. The molecule has 0 aliphatic carbocycles. The van der Waals surface area contributed by atoms with Gasteiger partial charge in [0.1, 0.15) is 12.4 Å². The Morgan fingerprint density at radius 3 is 2.96 bits per heavy atom. The second-order valence-corrected chi connectivity index (χ2v) is 6.85. The minimum atomic E-state index is 0.236. The van der Waals surface area contributed by atoms with Crippen molar-refractivity contribution >= 4 is 0 Å². The van der Waals surface area contributed by atoms with E-state index >= 15 is 0 Å². The van der Waals surface area contributed by atoms with Crippen LogP contribution in [0.2, 0.25) is 0 Å². The molecule has 0 N–H and O–H groups in total. The molecule has 0 spiro atoms. The smallest absolute Gasteiger partial charge is 0.232 e. The summed E-state index contributed by atoms with van der Waals surface area (Å²) in [5.74, 6) is 2.28. The number of pyridine rings is 1. The molecule has 5 rings (SSSR count). The van der Waals surface area contributed by atoms with Crippen LogP contribution in [0.3, 0.4) is 0 Å². The highest BCUT2D eigenvalue weighted by Crippen LogP contribution is 2.44. The van der Waals surface area contributed by atoms with E-state index in [1.165, 1.54) is 0 Å². The summed E-state index contributed by atoms with van der Waals surface area (Å²) in [7, 11) is 0. The van der Waals surface area contributed by atoms with Crippen LogP contribution < -0.4 is 4.74 Å². The Kier molecular flexibility index (Phi) is 3.90. The average molecular weight is 349 g/mol. The molecule has 26 heavy (non-hydrogen) atoms. The second-order valence-electron chi connectivity index (χ2n) is 6.85. The summed E-state index contributed by atoms with van der Waals surface area (Å²) in [6.45, 7) is 0.470. The first kappa shape index (κ1) is 15.5. The van der Waals surface area contributed by atoms with Gasteiger partial charge in [0.15, 0.2) is 0 Å². The molecule has 0 radical (unpaired) electrons. The molecule has 0 saturated carbocycles. The van der Waals surface area contributed by atoms with Crippen LogP contribution in [0.1, 0.15) is 36.6 Å². The van der Waals surface area contributed by atoms with E-state index in [1.807, 2.05) is 36.4 Å². The fraction of sp³-hybridized carbons (Fsp3) is 0.350. The van der Waals surface area contributed by atoms with Crippen LogP contribution in [-0.4, -0.2) is 27.3 Å². The molecule has 132 valence electrons. The van der Waals surface area contributed by atoms with Gasteiger partial charge in [0.25, 0.3) is 0 Å². The number of fused-ring (bicyclic) bond motifs is 2. The summed E-state index contributed by atoms with van der Waals surface area (Å²) in [6, 6.07) is 11.6. The zero-order chi connectivity index (χ0) is 17.3. The second kappa shape index (κ2) is 6.53. The van der Waals surface area contributed by atoms with Gasteiger partial charge in [-0.25, -0.2) is 0 Å². The van der Waals surface area contributed by atoms with Gasteiger partial charge < -0.3 is 14.0 Å². The van der Waals surface area contributed by atoms with Crippen molar-refractivity contribution in [2.75, 3.05) is 0 Å². The van der Waals surface area contributed by atoms with Gasteiger partial charge in [-0.1, -0.05) is 23.4 Å². The van der Waals surface area contributed by atoms with Gasteiger partial charge in [-0.2, -0.15) is 4.98 Å². The van der Waals surface area contributed by atoms with Gasteiger partial charge in [-0.05, 0) is 37.5 Å². The summed E-state index contributed by atoms with van der Waals surface area (Å²) in [5.41, 5.74) is 1.91. The molecular weight excluding hydrogens is 330 g/mol. The Morgan fingerprint density at radius 1 is 1.15 bits per heavy atom. The molecule has 6 nitrogen and oxygen atoms in total. The monoisotopic (exact) mass is 349 g/mol. The molecule has 2 aromatic heterocycles. The van der Waals surface area contributed by atoms with Crippen molar-refractivity contribution in [3.05, 3.63) is 60.2 Å². The molecule has 3 atom stereocenters. The zero-order valence-corrected chi connectivity index (χ0v) is 14.2. The first-order valence-corrected chi connectivity index (χ1v) is 8.96. The molecule has 4 heterocycles. The number of hydrogen-bond donors (Lipinski definition) is 0. The molecule has 2 fully saturated rings. The summed E-state index contributed by atoms with van der Waals surface area (Å²) in [5, 5.41) is 4.17. The SMILES string of the molecule is c1cncc(COc2cccc(-c3noc([C@H]4C[C@H]5CC[C@H]4O5)n3)c2)c1. The summed E-state index contributed by atoms with van der Waals surface area (Å²) in [4.78, 5) is 8.71. The lowest BCUT2D eigenvalue weighted by Crippen LogP contribution is -2.14. The minimum Gasteiger partial charge on any atom is -0.489 e. The van der Waals surface area contributed by atoms with Crippen molar-refractivity contribution in [3.63, 3.8) is 0 Å². The lowest BCUT2D eigenvalue weighted by molar-refractivity contribution is 0.0974. The third-order valence-corrected chi connectivity index (χ3v) is 5.09. The maximum Gasteiger partial charge on any atom is 0.232 e. The topological polar surface area (TPSA) is 70.3 Å². The highest BCUT2D eigenvalue weighted by Gasteiger charge is 2.44. The van der Waals surface area contributed by atoms with E-state index in [-0.39, 0.29) is 12.0 Å². The summed E-state index contributed by atoms with van der Waals surface area (Å²) < 4.78 is 17.3. The number of hydrogen-bond acceptors (Lipinski definition) is 6. The van der Waals surface area contributed by atoms with E-state index in [0.717, 1.165) is 36.1 Å². The predicted octanol–water partition coefficient (Wildman–Crippen LogP) is 3.75. The van der Waals surface area contributed by atoms with Crippen molar-refractivity contribution in [3.8, 4) is 17.1 Å². The highest BCUT2D eigenvalue weighted by atomic mass is 16.5. The van der Waals surface area contributed by atoms with E-state index < -0.39 is 0 Å². The van der Waals surface area contributed by atoms with Crippen LogP contribution in [-0.2, 0) is 11.3 Å². The molecule has 2 saturated heterocycles. The van der Waals surface area contributed by atoms with E-state index in [0.29, 0.717) is 24.4 Å². The van der Waals surface area contributed by atoms with Crippen LogP contribution in [0.25, 0.3) is 11.4 Å². The largest absolute Gasteiger partial charge is 0.489 e. The Bertz CT molecular complexity index is 896. The molecule has 6 heteroatoms. The number of ether oxygens (including phenoxy) is 2. The Labute approximate surface area is 151 Å². The van der Waals surface area contributed by atoms with Gasteiger partial charge in [0.05, 0.1) is 18.1 Å².